The number of hydrogen-bond donors (Lipinski definition) is 1. The fraction of sp³-hybridized carbons (Fsp3) is 0.364. The molecule has 2 nitrogen and oxygen atoms in total. The van der Waals surface area contributed by atoms with Gasteiger partial charge in [-0.25, -0.2) is 0 Å². The zero-order valence-corrected chi connectivity index (χ0v) is 9.14. The number of rotatable bonds is 5. The van der Waals surface area contributed by atoms with E-state index in [4.69, 9.17) is 5.73 Å². The van der Waals surface area contributed by atoms with Crippen LogP contribution in [0.5, 0.6) is 0 Å². The van der Waals surface area contributed by atoms with Crippen molar-refractivity contribution >= 4 is 17.5 Å². The molecule has 0 unspecified atom stereocenters. The van der Waals surface area contributed by atoms with Crippen LogP contribution in [0.15, 0.2) is 29.2 Å². The van der Waals surface area contributed by atoms with Gasteiger partial charge in [-0.15, -0.1) is 11.8 Å². The monoisotopic (exact) mass is 209 g/mol. The van der Waals surface area contributed by atoms with Crippen LogP contribution in [0, 0.1) is 0 Å². The highest BCUT2D eigenvalue weighted by Gasteiger charge is 2.04. The minimum Gasteiger partial charge on any atom is -0.330 e. The van der Waals surface area contributed by atoms with Crippen molar-refractivity contribution in [1.82, 2.24) is 0 Å². The molecule has 0 amide bonds. The Bertz CT molecular complexity index is 295. The fourth-order valence-electron chi connectivity index (χ4n) is 1.18. The van der Waals surface area contributed by atoms with Crippen LogP contribution < -0.4 is 5.73 Å². The summed E-state index contributed by atoms with van der Waals surface area (Å²) < 4.78 is 0. The first kappa shape index (κ1) is 11.3. The van der Waals surface area contributed by atoms with E-state index in [1.165, 1.54) is 4.90 Å². The van der Waals surface area contributed by atoms with Crippen LogP contribution in [0.2, 0.25) is 0 Å². The summed E-state index contributed by atoms with van der Waals surface area (Å²) in [4.78, 5) is 12.7. The molecular formula is C11H15NOS. The lowest BCUT2D eigenvalue weighted by atomic mass is 10.1. The smallest absolute Gasteiger partial charge is 0.162 e. The quantitative estimate of drug-likeness (QED) is 0.598. The Morgan fingerprint density at radius 1 is 1.36 bits per heavy atom. The van der Waals surface area contributed by atoms with Crippen molar-refractivity contribution in [3.8, 4) is 0 Å². The normalized spacial score (nSPS) is 10.1. The van der Waals surface area contributed by atoms with E-state index >= 15 is 0 Å². The topological polar surface area (TPSA) is 43.1 Å². The van der Waals surface area contributed by atoms with E-state index in [1.807, 2.05) is 30.5 Å². The SMILES string of the molecule is CSc1ccc(C(=O)CCCN)cc1. The molecule has 0 aromatic heterocycles. The van der Waals surface area contributed by atoms with Crippen molar-refractivity contribution in [2.24, 2.45) is 5.73 Å². The summed E-state index contributed by atoms with van der Waals surface area (Å²) in [5.74, 6) is 0.183. The molecule has 0 radical (unpaired) electrons. The zero-order valence-electron chi connectivity index (χ0n) is 8.32. The van der Waals surface area contributed by atoms with Gasteiger partial charge in [0.15, 0.2) is 5.78 Å². The summed E-state index contributed by atoms with van der Waals surface area (Å²) in [6.07, 6.45) is 3.34. The minimum absolute atomic E-state index is 0.183. The van der Waals surface area contributed by atoms with Crippen molar-refractivity contribution in [1.29, 1.82) is 0 Å². The Kier molecular flexibility index (Phi) is 4.70. The van der Waals surface area contributed by atoms with E-state index < -0.39 is 0 Å². The molecule has 1 aromatic rings. The molecule has 3 heteroatoms. The number of nitrogens with two attached hydrogens (primary N) is 1. The largest absolute Gasteiger partial charge is 0.330 e. The van der Waals surface area contributed by atoms with Crippen molar-refractivity contribution < 1.29 is 4.79 Å². The predicted molar refractivity (Wildman–Crippen MR) is 60.8 cm³/mol. The second-order valence-corrected chi connectivity index (χ2v) is 3.92. The number of benzene rings is 1. The molecule has 0 heterocycles. The maximum atomic E-state index is 11.5. The minimum atomic E-state index is 0.183. The Morgan fingerprint density at radius 2 is 2.00 bits per heavy atom. The second-order valence-electron chi connectivity index (χ2n) is 3.04. The number of hydrogen-bond acceptors (Lipinski definition) is 3. The molecule has 0 aliphatic heterocycles. The Labute approximate surface area is 88.9 Å². The summed E-state index contributed by atoms with van der Waals surface area (Å²) >= 11 is 1.68. The summed E-state index contributed by atoms with van der Waals surface area (Å²) in [5, 5.41) is 0. The first-order chi connectivity index (χ1) is 6.77. The van der Waals surface area contributed by atoms with Crippen LogP contribution in [0.3, 0.4) is 0 Å². The van der Waals surface area contributed by atoms with Gasteiger partial charge >= 0.3 is 0 Å². The Morgan fingerprint density at radius 3 is 2.50 bits per heavy atom. The Balaban J connectivity index is 2.62. The van der Waals surface area contributed by atoms with Gasteiger partial charge in [0.1, 0.15) is 0 Å². The van der Waals surface area contributed by atoms with Gasteiger partial charge in [-0.1, -0.05) is 12.1 Å². The maximum absolute atomic E-state index is 11.5. The molecule has 0 atom stereocenters. The van der Waals surface area contributed by atoms with E-state index in [9.17, 15) is 4.79 Å². The predicted octanol–water partition coefficient (Wildman–Crippen LogP) is 2.33. The van der Waals surface area contributed by atoms with Crippen LogP contribution in [-0.4, -0.2) is 18.6 Å². The number of carbonyl (C=O) groups is 1. The fourth-order valence-corrected chi connectivity index (χ4v) is 1.59. The lowest BCUT2D eigenvalue weighted by Gasteiger charge is -2.01. The summed E-state index contributed by atoms with van der Waals surface area (Å²) in [6.45, 7) is 0.578. The number of carbonyl (C=O) groups excluding carboxylic acids is 1. The lowest BCUT2D eigenvalue weighted by molar-refractivity contribution is 0.0980. The van der Waals surface area contributed by atoms with Gasteiger partial charge in [-0.05, 0) is 31.4 Å². The Hall–Kier alpha value is -0.800. The molecule has 0 spiro atoms. The van der Waals surface area contributed by atoms with Gasteiger partial charge in [-0.3, -0.25) is 4.79 Å². The molecule has 76 valence electrons. The summed E-state index contributed by atoms with van der Waals surface area (Å²) in [6, 6.07) is 7.70. The summed E-state index contributed by atoms with van der Waals surface area (Å²) in [7, 11) is 0. The average molecular weight is 209 g/mol. The van der Waals surface area contributed by atoms with Crippen LogP contribution in [-0.2, 0) is 0 Å². The van der Waals surface area contributed by atoms with Crippen molar-refractivity contribution in [2.75, 3.05) is 12.8 Å². The van der Waals surface area contributed by atoms with E-state index in [-0.39, 0.29) is 5.78 Å². The van der Waals surface area contributed by atoms with Crippen molar-refractivity contribution in [2.45, 2.75) is 17.7 Å². The molecule has 0 saturated carbocycles. The molecule has 0 aliphatic rings. The standard InChI is InChI=1S/C11H15NOS/c1-14-10-6-4-9(5-7-10)11(13)3-2-8-12/h4-7H,2-3,8,12H2,1H3. The summed E-state index contributed by atoms with van der Waals surface area (Å²) in [5.41, 5.74) is 6.13. The van der Waals surface area contributed by atoms with Gasteiger partial charge in [-0.2, -0.15) is 0 Å². The van der Waals surface area contributed by atoms with Gasteiger partial charge in [0.25, 0.3) is 0 Å². The third-order valence-corrected chi connectivity index (χ3v) is 2.76. The first-order valence-electron chi connectivity index (χ1n) is 4.65. The third kappa shape index (κ3) is 3.16. The van der Waals surface area contributed by atoms with Crippen molar-refractivity contribution in [3.05, 3.63) is 29.8 Å². The van der Waals surface area contributed by atoms with Crippen molar-refractivity contribution in [3.63, 3.8) is 0 Å². The van der Waals surface area contributed by atoms with E-state index in [2.05, 4.69) is 0 Å². The van der Waals surface area contributed by atoms with Crippen LogP contribution >= 0.6 is 11.8 Å². The molecular weight excluding hydrogens is 194 g/mol. The highest BCUT2D eigenvalue weighted by Crippen LogP contribution is 2.15. The van der Waals surface area contributed by atoms with E-state index in [0.717, 1.165) is 12.0 Å². The number of thioether (sulfide) groups is 1. The van der Waals surface area contributed by atoms with Gasteiger partial charge in [0.05, 0.1) is 0 Å². The highest BCUT2D eigenvalue weighted by molar-refractivity contribution is 7.98. The molecule has 2 N–H and O–H groups in total. The average Bonchev–Trinajstić information content (AvgIpc) is 2.26. The zero-order chi connectivity index (χ0) is 10.4. The molecule has 1 rings (SSSR count). The molecule has 0 aliphatic carbocycles. The molecule has 14 heavy (non-hydrogen) atoms. The first-order valence-corrected chi connectivity index (χ1v) is 5.87. The molecule has 0 bridgehead atoms. The lowest BCUT2D eigenvalue weighted by Crippen LogP contribution is -2.04. The molecule has 0 saturated heterocycles. The molecule has 0 fully saturated rings. The number of Topliss-reactive ketones (excluding diaryl/α,β-unsaturated/α-hetero) is 1. The van der Waals surface area contributed by atoms with Crippen LogP contribution in [0.4, 0.5) is 0 Å². The highest BCUT2D eigenvalue weighted by atomic mass is 32.2. The van der Waals surface area contributed by atoms with Gasteiger partial charge in [0, 0.05) is 16.9 Å². The van der Waals surface area contributed by atoms with E-state index in [0.29, 0.717) is 13.0 Å². The maximum Gasteiger partial charge on any atom is 0.162 e. The second kappa shape index (κ2) is 5.83. The van der Waals surface area contributed by atoms with Gasteiger partial charge in [0.2, 0.25) is 0 Å². The van der Waals surface area contributed by atoms with Crippen LogP contribution in [0.25, 0.3) is 0 Å². The van der Waals surface area contributed by atoms with Crippen LogP contribution in [0.1, 0.15) is 23.2 Å². The third-order valence-electron chi connectivity index (χ3n) is 2.02. The molecule has 1 aromatic carbocycles. The van der Waals surface area contributed by atoms with E-state index in [1.54, 1.807) is 11.8 Å². The number of ketones is 1. The van der Waals surface area contributed by atoms with Gasteiger partial charge < -0.3 is 5.73 Å².